The molecule has 2 N–H and O–H groups in total. The number of rotatable bonds is 3. The molecule has 2 aromatic rings. The first kappa shape index (κ1) is 17.5. The Balaban J connectivity index is 1.94. The molecular weight excluding hydrogens is 366 g/mol. The number of nitrogens with zero attached hydrogens (tertiary/aromatic N) is 1. The largest absolute Gasteiger partial charge is 0.343 e. The number of aromatic nitrogens is 2. The molecule has 0 fully saturated rings. The van der Waals surface area contributed by atoms with Gasteiger partial charge in [-0.25, -0.2) is 4.98 Å². The second kappa shape index (κ2) is 6.39. The molecule has 3 heterocycles. The van der Waals surface area contributed by atoms with Gasteiger partial charge in [-0.15, -0.1) is 11.3 Å². The number of thiophene rings is 1. The molecule has 0 radical (unpaired) electrons. The summed E-state index contributed by atoms with van der Waals surface area (Å²) in [5, 5.41) is 5.93. The number of allylic oxidation sites excluding steroid dienone is 2. The molecule has 2 aliphatic rings. The minimum atomic E-state index is -0.332. The third-order valence-corrected chi connectivity index (χ3v) is 6.50. The fourth-order valence-electron chi connectivity index (χ4n) is 3.84. The summed E-state index contributed by atoms with van der Waals surface area (Å²) in [7, 11) is 0. The Morgan fingerprint density at radius 2 is 2.15 bits per heavy atom. The number of fused-ring (bicyclic) bond motifs is 1. The van der Waals surface area contributed by atoms with E-state index < -0.39 is 0 Å². The van der Waals surface area contributed by atoms with E-state index >= 15 is 0 Å². The summed E-state index contributed by atoms with van der Waals surface area (Å²) in [5.74, 6) is 1.21. The molecule has 1 aliphatic carbocycles. The van der Waals surface area contributed by atoms with E-state index in [2.05, 4.69) is 29.1 Å². The van der Waals surface area contributed by atoms with Gasteiger partial charge in [-0.3, -0.25) is 9.59 Å². The van der Waals surface area contributed by atoms with Crippen LogP contribution in [0.3, 0.4) is 0 Å². The van der Waals surface area contributed by atoms with Crippen LogP contribution in [0.4, 0.5) is 5.82 Å². The summed E-state index contributed by atoms with van der Waals surface area (Å²) in [4.78, 5) is 34.4. The van der Waals surface area contributed by atoms with Crippen LogP contribution in [0.1, 0.15) is 50.0 Å². The van der Waals surface area contributed by atoms with Gasteiger partial charge in [0.25, 0.3) is 5.56 Å². The van der Waals surface area contributed by atoms with Crippen molar-refractivity contribution in [3.05, 3.63) is 49.6 Å². The van der Waals surface area contributed by atoms with Gasteiger partial charge < -0.3 is 10.3 Å². The lowest BCUT2D eigenvalue weighted by Gasteiger charge is -2.38. The third kappa shape index (κ3) is 2.93. The average molecular weight is 388 g/mol. The van der Waals surface area contributed by atoms with Crippen LogP contribution in [0, 0.1) is 5.41 Å². The maximum Gasteiger partial charge on any atom is 0.257 e. The highest BCUT2D eigenvalue weighted by Gasteiger charge is 2.42. The molecule has 0 saturated carbocycles. The lowest BCUT2D eigenvalue weighted by molar-refractivity contribution is -0.118. The van der Waals surface area contributed by atoms with Gasteiger partial charge in [-0.2, -0.15) is 0 Å². The van der Waals surface area contributed by atoms with Crippen LogP contribution in [0.2, 0.25) is 0 Å². The molecule has 4 rings (SSSR count). The molecule has 0 saturated heterocycles. The number of H-pyrrole nitrogens is 1. The summed E-state index contributed by atoms with van der Waals surface area (Å²) in [5.41, 5.74) is 1.95. The van der Waals surface area contributed by atoms with E-state index in [0.717, 1.165) is 28.3 Å². The lowest BCUT2D eigenvalue weighted by Crippen LogP contribution is -2.36. The predicted molar refractivity (Wildman–Crippen MR) is 106 cm³/mol. The molecule has 2 aromatic heterocycles. The highest BCUT2D eigenvalue weighted by molar-refractivity contribution is 7.99. The normalized spacial score (nSPS) is 21.2. The van der Waals surface area contributed by atoms with Gasteiger partial charge in [0.1, 0.15) is 5.82 Å². The molecule has 0 bridgehead atoms. The first-order valence-electron chi connectivity index (χ1n) is 8.73. The second-order valence-electron chi connectivity index (χ2n) is 7.47. The van der Waals surface area contributed by atoms with Gasteiger partial charge >= 0.3 is 0 Å². The molecule has 26 heavy (non-hydrogen) atoms. The number of Topliss-reactive ketones (excluding diaryl/α,β-unsaturated/α-hetero) is 1. The molecule has 0 spiro atoms. The van der Waals surface area contributed by atoms with Crippen molar-refractivity contribution >= 4 is 34.7 Å². The molecular formula is C19H21N3O2S2. The predicted octanol–water partition coefficient (Wildman–Crippen LogP) is 4.14. The zero-order chi connectivity index (χ0) is 18.5. The third-order valence-electron chi connectivity index (χ3n) is 4.81. The average Bonchev–Trinajstić information content (AvgIpc) is 3.06. The highest BCUT2D eigenvalue weighted by Crippen LogP contribution is 2.48. The highest BCUT2D eigenvalue weighted by atomic mass is 32.2. The quantitative estimate of drug-likeness (QED) is 0.611. The minimum absolute atomic E-state index is 0.0946. The Morgan fingerprint density at radius 3 is 2.85 bits per heavy atom. The summed E-state index contributed by atoms with van der Waals surface area (Å²) >= 11 is 3.08. The Labute approximate surface area is 160 Å². The van der Waals surface area contributed by atoms with Crippen molar-refractivity contribution in [3.63, 3.8) is 0 Å². The van der Waals surface area contributed by atoms with Gasteiger partial charge in [0.15, 0.2) is 10.9 Å². The fourth-order valence-corrected chi connectivity index (χ4v) is 5.28. The van der Waals surface area contributed by atoms with E-state index in [1.54, 1.807) is 11.3 Å². The zero-order valence-corrected chi connectivity index (χ0v) is 16.6. The topological polar surface area (TPSA) is 74.8 Å². The first-order chi connectivity index (χ1) is 12.4. The number of anilines is 1. The Hall–Kier alpha value is -1.86. The lowest BCUT2D eigenvalue weighted by atomic mass is 9.70. The maximum absolute atomic E-state index is 13.0. The molecule has 7 heteroatoms. The van der Waals surface area contributed by atoms with E-state index in [0.29, 0.717) is 23.0 Å². The van der Waals surface area contributed by atoms with Crippen molar-refractivity contribution in [1.29, 1.82) is 0 Å². The molecule has 136 valence electrons. The van der Waals surface area contributed by atoms with Gasteiger partial charge in [0.05, 0.1) is 11.5 Å². The van der Waals surface area contributed by atoms with Crippen LogP contribution in [0.5, 0.6) is 0 Å². The van der Waals surface area contributed by atoms with Crippen molar-refractivity contribution in [2.45, 2.75) is 44.7 Å². The summed E-state index contributed by atoms with van der Waals surface area (Å²) in [6.07, 6.45) is 1.28. The Bertz CT molecular complexity index is 958. The number of thioether (sulfide) groups is 1. The maximum atomic E-state index is 13.0. The van der Waals surface area contributed by atoms with E-state index in [4.69, 9.17) is 0 Å². The molecule has 0 aromatic carbocycles. The number of hydrogen-bond donors (Lipinski definition) is 2. The molecule has 5 nitrogen and oxygen atoms in total. The number of hydrogen-bond acceptors (Lipinski definition) is 6. The Morgan fingerprint density at radius 1 is 1.35 bits per heavy atom. The molecule has 0 amide bonds. The van der Waals surface area contributed by atoms with Crippen molar-refractivity contribution in [2.24, 2.45) is 5.41 Å². The van der Waals surface area contributed by atoms with Crippen LogP contribution in [-0.2, 0) is 4.79 Å². The number of carbonyl (C=O) groups is 1. The van der Waals surface area contributed by atoms with Crippen LogP contribution in [-0.4, -0.2) is 21.5 Å². The minimum Gasteiger partial charge on any atom is -0.343 e. The van der Waals surface area contributed by atoms with Gasteiger partial charge in [-0.05, 0) is 29.0 Å². The van der Waals surface area contributed by atoms with Crippen LogP contribution in [0.15, 0.2) is 38.7 Å². The standard InChI is InChI=1S/C19H21N3O2S2/c1-4-25-18-21-16-15(17(24)22-18)14(12-6-5-7-26-12)13-10(20-16)8-19(2,3)9-11(13)23/h5-7,14H,4,8-9H2,1-3H3,(H2,20,21,22,24)/t14-/m0/s1. The van der Waals surface area contributed by atoms with Crippen molar-refractivity contribution in [2.75, 3.05) is 11.1 Å². The van der Waals surface area contributed by atoms with Crippen LogP contribution in [0.25, 0.3) is 0 Å². The van der Waals surface area contributed by atoms with E-state index in [1.165, 1.54) is 11.8 Å². The van der Waals surface area contributed by atoms with Crippen molar-refractivity contribution in [1.82, 2.24) is 9.97 Å². The number of aromatic amines is 1. The van der Waals surface area contributed by atoms with Crippen molar-refractivity contribution in [3.8, 4) is 0 Å². The molecule has 0 unspecified atom stereocenters. The summed E-state index contributed by atoms with van der Waals surface area (Å²) in [6.45, 7) is 6.24. The summed E-state index contributed by atoms with van der Waals surface area (Å²) in [6, 6.07) is 3.96. The van der Waals surface area contributed by atoms with E-state index in [-0.39, 0.29) is 22.7 Å². The van der Waals surface area contributed by atoms with Gasteiger partial charge in [-0.1, -0.05) is 38.6 Å². The number of nitrogens with one attached hydrogen (secondary N) is 2. The Kier molecular flexibility index (Phi) is 4.31. The second-order valence-corrected chi connectivity index (χ2v) is 9.70. The molecule has 1 atom stereocenters. The van der Waals surface area contributed by atoms with E-state index in [9.17, 15) is 9.59 Å². The smallest absolute Gasteiger partial charge is 0.257 e. The van der Waals surface area contributed by atoms with Crippen LogP contribution < -0.4 is 10.9 Å². The van der Waals surface area contributed by atoms with Gasteiger partial charge in [0, 0.05) is 22.6 Å². The molecule has 1 aliphatic heterocycles. The number of carbonyl (C=O) groups excluding carboxylic acids is 1. The van der Waals surface area contributed by atoms with Crippen LogP contribution >= 0.6 is 23.1 Å². The fraction of sp³-hybridized carbons (Fsp3) is 0.421. The van der Waals surface area contributed by atoms with E-state index in [1.807, 2.05) is 24.4 Å². The number of ketones is 1. The zero-order valence-electron chi connectivity index (χ0n) is 15.0. The SMILES string of the molecule is CCSc1nc2c(c(=O)[nH]1)[C@@H](c1cccs1)C1=C(CC(C)(C)CC1=O)N2. The first-order valence-corrected chi connectivity index (χ1v) is 10.6. The monoisotopic (exact) mass is 387 g/mol. The van der Waals surface area contributed by atoms with Gasteiger partial charge in [0.2, 0.25) is 0 Å². The summed E-state index contributed by atoms with van der Waals surface area (Å²) < 4.78 is 0. The van der Waals surface area contributed by atoms with Crippen molar-refractivity contribution < 1.29 is 4.79 Å².